The molecular weight excluding hydrogens is 351 g/mol. The highest BCUT2D eigenvalue weighted by Crippen LogP contribution is 2.27. The van der Waals surface area contributed by atoms with Crippen LogP contribution in [0.5, 0.6) is 0 Å². The van der Waals surface area contributed by atoms with Gasteiger partial charge in [-0.25, -0.2) is 0 Å². The maximum Gasteiger partial charge on any atom is 0.433 e. The summed E-state index contributed by atoms with van der Waals surface area (Å²) in [6.45, 7) is 3.24. The lowest BCUT2D eigenvalue weighted by atomic mass is 10.1. The Morgan fingerprint density at radius 2 is 1.69 bits per heavy atom. The zero-order chi connectivity index (χ0) is 19.5. The van der Waals surface area contributed by atoms with Crippen LogP contribution in [0.4, 0.5) is 13.2 Å². The Morgan fingerprint density at radius 1 is 1.08 bits per heavy atom. The van der Waals surface area contributed by atoms with Crippen LogP contribution in [0.25, 0.3) is 0 Å². The van der Waals surface area contributed by atoms with E-state index in [1.54, 1.807) is 37.8 Å². The van der Waals surface area contributed by atoms with Crippen molar-refractivity contribution in [3.05, 3.63) is 47.5 Å². The Labute approximate surface area is 147 Å². The molecule has 2 aromatic heterocycles. The molecule has 2 amide bonds. The summed E-state index contributed by atoms with van der Waals surface area (Å²) in [5, 5.41) is 8.94. The van der Waals surface area contributed by atoms with Gasteiger partial charge in [0.05, 0.1) is 17.8 Å². The lowest BCUT2D eigenvalue weighted by Gasteiger charge is -2.17. The van der Waals surface area contributed by atoms with E-state index in [1.165, 1.54) is 6.07 Å². The van der Waals surface area contributed by atoms with Crippen molar-refractivity contribution in [2.45, 2.75) is 32.1 Å². The molecule has 0 aliphatic carbocycles. The van der Waals surface area contributed by atoms with Crippen LogP contribution in [0.15, 0.2) is 30.6 Å². The molecule has 0 radical (unpaired) electrons. The van der Waals surface area contributed by atoms with Gasteiger partial charge >= 0.3 is 18.0 Å². The Balaban J connectivity index is 1.95. The van der Waals surface area contributed by atoms with Crippen LogP contribution in [0.1, 0.15) is 42.9 Å². The summed E-state index contributed by atoms with van der Waals surface area (Å²) in [5.74, 6) is -1.75. The third-order valence-corrected chi connectivity index (χ3v) is 3.78. The van der Waals surface area contributed by atoms with E-state index >= 15 is 0 Å². The van der Waals surface area contributed by atoms with Crippen molar-refractivity contribution >= 4 is 11.8 Å². The quantitative estimate of drug-likeness (QED) is 0.806. The number of amides is 2. The summed E-state index contributed by atoms with van der Waals surface area (Å²) < 4.78 is 39.1. The molecular formula is C16H18F3N5O2. The average Bonchev–Trinajstić information content (AvgIpc) is 3.00. The van der Waals surface area contributed by atoms with E-state index in [0.717, 1.165) is 12.3 Å². The smallest absolute Gasteiger partial charge is 0.341 e. The van der Waals surface area contributed by atoms with Gasteiger partial charge in [-0.15, -0.1) is 0 Å². The molecule has 0 unspecified atom stereocenters. The predicted molar refractivity (Wildman–Crippen MR) is 85.6 cm³/mol. The standard InChI is InChI=1S/C16H18F3N5O2/c1-9(11-4-5-13(20-8-11)16(17,18)19)22-14(25)15(26)23-10(2)12-6-7-21-24(12)3/h4-10H,1-3H3,(H,22,25)(H,23,26)/t9-,10+/m1/s1. The molecule has 10 heteroatoms. The van der Waals surface area contributed by atoms with Crippen molar-refractivity contribution in [1.29, 1.82) is 0 Å². The van der Waals surface area contributed by atoms with Gasteiger partial charge in [-0.1, -0.05) is 6.07 Å². The SMILES string of the molecule is C[C@H](NC(=O)C(=O)N[C@H](C)c1ccc(C(F)(F)F)nc1)c1ccnn1C. The summed E-state index contributed by atoms with van der Waals surface area (Å²) in [6, 6.07) is 2.61. The fourth-order valence-electron chi connectivity index (χ4n) is 2.32. The van der Waals surface area contributed by atoms with E-state index in [-0.39, 0.29) is 0 Å². The second kappa shape index (κ2) is 7.54. The molecule has 0 spiro atoms. The highest BCUT2D eigenvalue weighted by molar-refractivity contribution is 6.35. The van der Waals surface area contributed by atoms with Gasteiger partial charge in [-0.3, -0.25) is 19.3 Å². The molecule has 0 aliphatic rings. The van der Waals surface area contributed by atoms with Crippen LogP contribution in [0.3, 0.4) is 0 Å². The second-order valence-electron chi connectivity index (χ2n) is 5.74. The first kappa shape index (κ1) is 19.4. The first-order valence-corrected chi connectivity index (χ1v) is 7.72. The lowest BCUT2D eigenvalue weighted by molar-refractivity contribution is -0.141. The third kappa shape index (κ3) is 4.58. The number of hydrogen-bond acceptors (Lipinski definition) is 4. The van der Waals surface area contributed by atoms with Gasteiger partial charge < -0.3 is 10.6 Å². The molecule has 2 aromatic rings. The summed E-state index contributed by atoms with van der Waals surface area (Å²) in [7, 11) is 1.71. The number of pyridine rings is 1. The van der Waals surface area contributed by atoms with Crippen LogP contribution in [-0.2, 0) is 22.8 Å². The number of hydrogen-bond donors (Lipinski definition) is 2. The van der Waals surface area contributed by atoms with Gasteiger partial charge in [-0.2, -0.15) is 18.3 Å². The maximum atomic E-state index is 12.5. The largest absolute Gasteiger partial charge is 0.433 e. The van der Waals surface area contributed by atoms with Crippen molar-refractivity contribution in [3.63, 3.8) is 0 Å². The van der Waals surface area contributed by atoms with E-state index in [2.05, 4.69) is 20.7 Å². The number of halogens is 3. The maximum absolute atomic E-state index is 12.5. The molecule has 0 saturated carbocycles. The first-order valence-electron chi connectivity index (χ1n) is 7.72. The van der Waals surface area contributed by atoms with E-state index < -0.39 is 35.8 Å². The molecule has 2 heterocycles. The van der Waals surface area contributed by atoms with Crippen molar-refractivity contribution in [2.75, 3.05) is 0 Å². The first-order chi connectivity index (χ1) is 12.1. The average molecular weight is 369 g/mol. The normalized spacial score (nSPS) is 13.8. The van der Waals surface area contributed by atoms with Gasteiger partial charge in [-0.05, 0) is 31.5 Å². The van der Waals surface area contributed by atoms with Gasteiger partial charge in [0.25, 0.3) is 0 Å². The second-order valence-corrected chi connectivity index (χ2v) is 5.74. The number of nitrogens with one attached hydrogen (secondary N) is 2. The van der Waals surface area contributed by atoms with Gasteiger partial charge in [0, 0.05) is 19.4 Å². The third-order valence-electron chi connectivity index (χ3n) is 3.78. The van der Waals surface area contributed by atoms with Crippen LogP contribution >= 0.6 is 0 Å². The lowest BCUT2D eigenvalue weighted by Crippen LogP contribution is -2.42. The highest BCUT2D eigenvalue weighted by atomic mass is 19.4. The number of aromatic nitrogens is 3. The molecule has 0 aliphatic heterocycles. The Kier molecular flexibility index (Phi) is 5.63. The number of carbonyl (C=O) groups is 2. The summed E-state index contributed by atoms with van der Waals surface area (Å²) >= 11 is 0. The minimum atomic E-state index is -4.53. The van der Waals surface area contributed by atoms with E-state index in [0.29, 0.717) is 11.3 Å². The zero-order valence-electron chi connectivity index (χ0n) is 14.3. The minimum Gasteiger partial charge on any atom is -0.341 e. The van der Waals surface area contributed by atoms with Crippen LogP contribution in [0, 0.1) is 0 Å². The summed E-state index contributed by atoms with van der Waals surface area (Å²) in [5.41, 5.74) is 0.0347. The van der Waals surface area contributed by atoms with Gasteiger partial charge in [0.15, 0.2) is 0 Å². The molecule has 140 valence electrons. The van der Waals surface area contributed by atoms with Crippen molar-refractivity contribution in [1.82, 2.24) is 25.4 Å². The number of rotatable bonds is 4. The van der Waals surface area contributed by atoms with Gasteiger partial charge in [0.1, 0.15) is 5.69 Å². The van der Waals surface area contributed by atoms with Crippen molar-refractivity contribution < 1.29 is 22.8 Å². The van der Waals surface area contributed by atoms with Crippen molar-refractivity contribution in [2.24, 2.45) is 7.05 Å². The monoisotopic (exact) mass is 369 g/mol. The summed E-state index contributed by atoms with van der Waals surface area (Å²) in [6.07, 6.45) is -1.95. The van der Waals surface area contributed by atoms with Crippen LogP contribution in [0.2, 0.25) is 0 Å². The minimum absolute atomic E-state index is 0.346. The Bertz CT molecular complexity index is 786. The number of alkyl halides is 3. The van der Waals surface area contributed by atoms with E-state index in [9.17, 15) is 22.8 Å². The number of nitrogens with zero attached hydrogens (tertiary/aromatic N) is 3. The molecule has 0 saturated heterocycles. The molecule has 26 heavy (non-hydrogen) atoms. The van der Waals surface area contributed by atoms with Crippen LogP contribution < -0.4 is 10.6 Å². The highest BCUT2D eigenvalue weighted by Gasteiger charge is 2.32. The predicted octanol–water partition coefficient (Wildman–Crippen LogP) is 1.89. The topological polar surface area (TPSA) is 88.9 Å². The molecule has 0 bridgehead atoms. The van der Waals surface area contributed by atoms with Crippen LogP contribution in [-0.4, -0.2) is 26.6 Å². The van der Waals surface area contributed by atoms with E-state index in [1.807, 2.05) is 0 Å². The van der Waals surface area contributed by atoms with Gasteiger partial charge in [0.2, 0.25) is 0 Å². The Morgan fingerprint density at radius 3 is 2.15 bits per heavy atom. The molecule has 2 atom stereocenters. The molecule has 7 nitrogen and oxygen atoms in total. The fourth-order valence-corrected chi connectivity index (χ4v) is 2.32. The molecule has 0 aromatic carbocycles. The molecule has 2 N–H and O–H groups in total. The number of aryl methyl sites for hydroxylation is 1. The zero-order valence-corrected chi connectivity index (χ0v) is 14.3. The fraction of sp³-hybridized carbons (Fsp3) is 0.375. The number of carbonyl (C=O) groups excluding carboxylic acids is 2. The molecule has 0 fully saturated rings. The van der Waals surface area contributed by atoms with E-state index in [4.69, 9.17) is 0 Å². The summed E-state index contributed by atoms with van der Waals surface area (Å²) in [4.78, 5) is 27.3. The Hall–Kier alpha value is -2.91. The van der Waals surface area contributed by atoms with Crippen molar-refractivity contribution in [3.8, 4) is 0 Å². The molecule has 2 rings (SSSR count).